The number of rotatable bonds is 7. The normalized spacial score (nSPS) is 20.7. The van der Waals surface area contributed by atoms with Crippen molar-refractivity contribution < 1.29 is 31.2 Å². The number of anilines is 1. The van der Waals surface area contributed by atoms with E-state index >= 15 is 0 Å². The molecular formula is C24H25ClF3NO4S. The molecule has 3 rings (SSSR count). The zero-order valence-electron chi connectivity index (χ0n) is 18.7. The number of ketones is 1. The van der Waals surface area contributed by atoms with Gasteiger partial charge >= 0.3 is 0 Å². The molecule has 2 aromatic rings. The first-order valence-electron chi connectivity index (χ1n) is 10.9. The molecule has 5 nitrogen and oxygen atoms in total. The summed E-state index contributed by atoms with van der Waals surface area (Å²) < 4.78 is 66.7. The molecule has 0 spiro atoms. The highest BCUT2D eigenvalue weighted by Crippen LogP contribution is 2.39. The van der Waals surface area contributed by atoms with Gasteiger partial charge in [-0.05, 0) is 49.3 Å². The van der Waals surface area contributed by atoms with Crippen LogP contribution in [0.1, 0.15) is 49.9 Å². The number of hydrogen-bond acceptors (Lipinski definition) is 4. The molecule has 184 valence electrons. The van der Waals surface area contributed by atoms with Crippen molar-refractivity contribution in [2.75, 3.05) is 11.1 Å². The maximum Gasteiger partial charge on any atom is 0.255 e. The number of Topliss-reactive ketones (excluding diaryl/α,β-unsaturated/α-hetero) is 1. The van der Waals surface area contributed by atoms with E-state index in [4.69, 9.17) is 11.6 Å². The number of carbonyl (C=O) groups excluding carboxylic acids is 2. The molecule has 1 aliphatic rings. The highest BCUT2D eigenvalue weighted by Gasteiger charge is 2.36. The minimum absolute atomic E-state index is 0.00636. The highest BCUT2D eigenvalue weighted by atomic mass is 35.5. The molecule has 0 saturated heterocycles. The Bertz CT molecular complexity index is 1200. The van der Waals surface area contributed by atoms with Gasteiger partial charge in [-0.3, -0.25) is 4.79 Å². The molecule has 1 N–H and O–H groups in total. The zero-order valence-corrected chi connectivity index (χ0v) is 20.3. The van der Waals surface area contributed by atoms with Crippen LogP contribution in [-0.4, -0.2) is 25.9 Å². The molecule has 0 bridgehead atoms. The first kappa shape index (κ1) is 26.2. The van der Waals surface area contributed by atoms with Crippen LogP contribution in [0.3, 0.4) is 0 Å². The van der Waals surface area contributed by atoms with Crippen molar-refractivity contribution in [2.24, 2.45) is 17.8 Å². The number of amides is 1. The van der Waals surface area contributed by atoms with E-state index in [1.54, 1.807) is 0 Å². The number of nitrogens with one attached hydrogen (secondary N) is 1. The van der Waals surface area contributed by atoms with Gasteiger partial charge in [0, 0.05) is 29.8 Å². The van der Waals surface area contributed by atoms with Gasteiger partial charge in [0.2, 0.25) is 0 Å². The van der Waals surface area contributed by atoms with E-state index in [0.717, 1.165) is 25.3 Å². The van der Waals surface area contributed by atoms with Crippen molar-refractivity contribution in [2.45, 2.75) is 44.4 Å². The fourth-order valence-electron chi connectivity index (χ4n) is 4.57. The maximum absolute atomic E-state index is 13.4. The van der Waals surface area contributed by atoms with Crippen LogP contribution in [0.15, 0.2) is 35.2 Å². The third-order valence-corrected chi connectivity index (χ3v) is 8.58. The van der Waals surface area contributed by atoms with Crippen LogP contribution in [-0.2, 0) is 14.6 Å². The molecule has 1 unspecified atom stereocenters. The Morgan fingerprint density at radius 1 is 1.09 bits per heavy atom. The van der Waals surface area contributed by atoms with Crippen molar-refractivity contribution in [3.05, 3.63) is 58.4 Å². The van der Waals surface area contributed by atoms with E-state index in [9.17, 15) is 31.2 Å². The molecule has 10 heteroatoms. The molecule has 3 atom stereocenters. The Kier molecular flexibility index (Phi) is 8.08. The highest BCUT2D eigenvalue weighted by molar-refractivity contribution is 7.91. The first-order valence-corrected chi connectivity index (χ1v) is 12.9. The van der Waals surface area contributed by atoms with Crippen molar-refractivity contribution in [3.8, 4) is 0 Å². The van der Waals surface area contributed by atoms with Gasteiger partial charge in [0.05, 0.1) is 15.7 Å². The number of sulfone groups is 1. The van der Waals surface area contributed by atoms with Crippen LogP contribution < -0.4 is 5.32 Å². The van der Waals surface area contributed by atoms with Gasteiger partial charge in [-0.15, -0.1) is 0 Å². The van der Waals surface area contributed by atoms with Crippen LogP contribution in [0, 0.1) is 35.2 Å². The molecule has 2 aromatic carbocycles. The van der Waals surface area contributed by atoms with E-state index in [-0.39, 0.29) is 50.5 Å². The van der Waals surface area contributed by atoms with Gasteiger partial charge < -0.3 is 10.1 Å². The Labute approximate surface area is 201 Å². The van der Waals surface area contributed by atoms with E-state index in [2.05, 4.69) is 5.32 Å². The standard InChI is InChI=1S/C24H25ClF3NO4S/c1-13-4-3-5-15(8-14(2)30)18(13)12-34(32,33)22-9-16(6-7-19(22)25)24(31)29-17-10-20(26)23(28)21(27)11-17/h6-7,9-11,13,15,18H,3-5,8,12H2,1-2H3,(H,29,31)/t13?,15-,18+/m0/s1. The summed E-state index contributed by atoms with van der Waals surface area (Å²) in [5.74, 6) is -5.87. The molecule has 1 amide bonds. The van der Waals surface area contributed by atoms with E-state index in [1.807, 2.05) is 6.92 Å². The third kappa shape index (κ3) is 5.99. The quantitative estimate of drug-likeness (QED) is 0.471. The molecule has 34 heavy (non-hydrogen) atoms. The number of carbonyl (C=O) groups is 2. The molecule has 0 radical (unpaired) electrons. The summed E-state index contributed by atoms with van der Waals surface area (Å²) in [7, 11) is -3.93. The van der Waals surface area contributed by atoms with Gasteiger partial charge in [-0.1, -0.05) is 31.4 Å². The summed E-state index contributed by atoms with van der Waals surface area (Å²) in [4.78, 5) is 24.1. The van der Waals surface area contributed by atoms with Crippen molar-refractivity contribution in [1.82, 2.24) is 0 Å². The number of hydrogen-bond donors (Lipinski definition) is 1. The lowest BCUT2D eigenvalue weighted by Crippen LogP contribution is -2.33. The molecular weight excluding hydrogens is 491 g/mol. The second-order valence-electron chi connectivity index (χ2n) is 8.87. The van der Waals surface area contributed by atoms with Gasteiger partial charge in [0.25, 0.3) is 5.91 Å². The van der Waals surface area contributed by atoms with Gasteiger partial charge in [-0.2, -0.15) is 0 Å². The largest absolute Gasteiger partial charge is 0.322 e. The van der Waals surface area contributed by atoms with Crippen LogP contribution in [0.25, 0.3) is 0 Å². The van der Waals surface area contributed by atoms with E-state index < -0.39 is 33.2 Å². The van der Waals surface area contributed by atoms with Gasteiger partial charge in [-0.25, -0.2) is 21.6 Å². The van der Waals surface area contributed by atoms with E-state index in [0.29, 0.717) is 18.6 Å². The summed E-state index contributed by atoms with van der Waals surface area (Å²) in [6, 6.07) is 4.87. The fourth-order valence-corrected chi connectivity index (χ4v) is 7.00. The molecule has 0 heterocycles. The van der Waals surface area contributed by atoms with Crippen LogP contribution >= 0.6 is 11.6 Å². The second kappa shape index (κ2) is 10.5. The third-order valence-electron chi connectivity index (χ3n) is 6.30. The first-order chi connectivity index (χ1) is 15.9. The lowest BCUT2D eigenvalue weighted by atomic mass is 9.72. The summed E-state index contributed by atoms with van der Waals surface area (Å²) in [6.07, 6.45) is 2.86. The average Bonchev–Trinajstić information content (AvgIpc) is 2.74. The van der Waals surface area contributed by atoms with Crippen LogP contribution in [0.5, 0.6) is 0 Å². The summed E-state index contributed by atoms with van der Waals surface area (Å²) in [6.45, 7) is 3.46. The van der Waals surface area contributed by atoms with Crippen LogP contribution in [0.2, 0.25) is 5.02 Å². The van der Waals surface area contributed by atoms with Gasteiger partial charge in [0.15, 0.2) is 27.3 Å². The molecule has 1 saturated carbocycles. The number of benzene rings is 2. The minimum atomic E-state index is -3.93. The second-order valence-corrected chi connectivity index (χ2v) is 11.3. The van der Waals surface area contributed by atoms with Crippen molar-refractivity contribution in [1.29, 1.82) is 0 Å². The average molecular weight is 516 g/mol. The lowest BCUT2D eigenvalue weighted by molar-refractivity contribution is -0.118. The summed E-state index contributed by atoms with van der Waals surface area (Å²) in [5.41, 5.74) is -0.436. The maximum atomic E-state index is 13.4. The number of halogens is 4. The molecule has 0 aliphatic heterocycles. The van der Waals surface area contributed by atoms with Crippen molar-refractivity contribution >= 4 is 38.8 Å². The summed E-state index contributed by atoms with van der Waals surface area (Å²) in [5, 5.41) is 2.15. The Morgan fingerprint density at radius 3 is 2.35 bits per heavy atom. The smallest absolute Gasteiger partial charge is 0.255 e. The van der Waals surface area contributed by atoms with Crippen LogP contribution in [0.4, 0.5) is 18.9 Å². The Morgan fingerprint density at radius 2 is 1.74 bits per heavy atom. The predicted molar refractivity (Wildman–Crippen MR) is 123 cm³/mol. The predicted octanol–water partition coefficient (Wildman–Crippen LogP) is 5.81. The van der Waals surface area contributed by atoms with Gasteiger partial charge in [0.1, 0.15) is 5.78 Å². The van der Waals surface area contributed by atoms with E-state index in [1.165, 1.54) is 19.1 Å². The lowest BCUT2D eigenvalue weighted by Gasteiger charge is -2.36. The molecule has 1 aliphatic carbocycles. The van der Waals surface area contributed by atoms with Crippen molar-refractivity contribution in [3.63, 3.8) is 0 Å². The topological polar surface area (TPSA) is 80.3 Å². The molecule has 0 aromatic heterocycles. The summed E-state index contributed by atoms with van der Waals surface area (Å²) >= 11 is 6.17. The SMILES string of the molecule is CC(=O)C[C@@H]1CCCC(C)[C@H]1CS(=O)(=O)c1cc(C(=O)Nc2cc(F)c(F)c(F)c2)ccc1Cl. The molecule has 1 fully saturated rings. The zero-order chi connectivity index (χ0) is 25.2. The fraction of sp³-hybridized carbons (Fsp3) is 0.417. The Balaban J connectivity index is 1.87. The monoisotopic (exact) mass is 515 g/mol. The minimum Gasteiger partial charge on any atom is -0.322 e. The Hall–Kier alpha value is -2.39.